The first kappa shape index (κ1) is 17.3. The van der Waals surface area contributed by atoms with E-state index in [1.807, 2.05) is 13.0 Å². The first-order valence-corrected chi connectivity index (χ1v) is 7.66. The average molecular weight is 321 g/mol. The molecule has 0 N–H and O–H groups in total. The van der Waals surface area contributed by atoms with E-state index in [0.717, 1.165) is 17.7 Å². The Labute approximate surface area is 135 Å². The summed E-state index contributed by atoms with van der Waals surface area (Å²) >= 11 is 0. The Bertz CT molecular complexity index is 654. The van der Waals surface area contributed by atoms with Crippen molar-refractivity contribution in [3.63, 3.8) is 0 Å². The number of rotatable bonds is 3. The minimum absolute atomic E-state index is 0.152. The van der Waals surface area contributed by atoms with Gasteiger partial charge in [-0.25, -0.2) is 8.78 Å². The standard InChI is InChI=1S/C18H21F2NO2/c1-10-7-8-14(11(2)16(20)12(3)19)18(23-13(4)22)15-6-5-9-21-17(10)15/h5-6,9-10,14,18H,3,7-8H2,1-2,4H3. The maximum absolute atomic E-state index is 14.1. The highest BCUT2D eigenvalue weighted by Gasteiger charge is 2.35. The first-order chi connectivity index (χ1) is 10.8. The van der Waals surface area contributed by atoms with E-state index in [2.05, 4.69) is 11.6 Å². The number of ether oxygens (including phenoxy) is 1. The molecule has 3 atom stereocenters. The van der Waals surface area contributed by atoms with Gasteiger partial charge in [0.1, 0.15) is 6.10 Å². The van der Waals surface area contributed by atoms with Crippen LogP contribution >= 0.6 is 0 Å². The summed E-state index contributed by atoms with van der Waals surface area (Å²) in [7, 11) is 0. The lowest BCUT2D eigenvalue weighted by Crippen LogP contribution is -2.20. The SMILES string of the molecule is C=C(F)C(F)=C(C)C1CCC(C)c2ncccc2C1OC(C)=O. The third-order valence-electron chi connectivity index (χ3n) is 4.35. The Morgan fingerprint density at radius 3 is 2.65 bits per heavy atom. The molecule has 0 aromatic carbocycles. The van der Waals surface area contributed by atoms with E-state index < -0.39 is 29.6 Å². The molecule has 3 unspecified atom stereocenters. The van der Waals surface area contributed by atoms with Gasteiger partial charge in [0.15, 0.2) is 11.7 Å². The number of esters is 1. The summed E-state index contributed by atoms with van der Waals surface area (Å²) in [5.74, 6) is -2.82. The second kappa shape index (κ2) is 7.02. The van der Waals surface area contributed by atoms with Gasteiger partial charge in [0.2, 0.25) is 0 Å². The van der Waals surface area contributed by atoms with Crippen LogP contribution in [0.15, 0.2) is 42.1 Å². The zero-order valence-electron chi connectivity index (χ0n) is 13.6. The number of aromatic nitrogens is 1. The molecule has 1 heterocycles. The normalized spacial score (nSPS) is 25.0. The summed E-state index contributed by atoms with van der Waals surface area (Å²) in [6, 6.07) is 3.59. The van der Waals surface area contributed by atoms with Crippen LogP contribution in [0.5, 0.6) is 0 Å². The molecule has 0 fully saturated rings. The summed E-state index contributed by atoms with van der Waals surface area (Å²) in [6.07, 6.45) is 2.33. The number of halogens is 2. The molecular formula is C18H21F2NO2. The predicted molar refractivity (Wildman–Crippen MR) is 83.9 cm³/mol. The van der Waals surface area contributed by atoms with Crippen LogP contribution in [0.1, 0.15) is 56.9 Å². The number of hydrogen-bond acceptors (Lipinski definition) is 3. The maximum atomic E-state index is 14.1. The van der Waals surface area contributed by atoms with Gasteiger partial charge in [0.25, 0.3) is 0 Å². The Hall–Kier alpha value is -2.04. The molecule has 23 heavy (non-hydrogen) atoms. The minimum atomic E-state index is -1.10. The molecule has 0 saturated carbocycles. The van der Waals surface area contributed by atoms with Gasteiger partial charge in [-0.3, -0.25) is 9.78 Å². The Balaban J connectivity index is 2.56. The van der Waals surface area contributed by atoms with Crippen molar-refractivity contribution in [3.05, 3.63) is 53.4 Å². The average Bonchev–Trinajstić information content (AvgIpc) is 2.64. The second-order valence-corrected chi connectivity index (χ2v) is 5.99. The molecule has 1 aromatic heterocycles. The summed E-state index contributed by atoms with van der Waals surface area (Å²) < 4.78 is 32.8. The topological polar surface area (TPSA) is 39.2 Å². The van der Waals surface area contributed by atoms with Crippen LogP contribution in [-0.4, -0.2) is 11.0 Å². The Morgan fingerprint density at radius 2 is 2.04 bits per heavy atom. The van der Waals surface area contributed by atoms with E-state index in [-0.39, 0.29) is 11.5 Å². The van der Waals surface area contributed by atoms with Crippen LogP contribution in [-0.2, 0) is 9.53 Å². The smallest absolute Gasteiger partial charge is 0.303 e. The summed E-state index contributed by atoms with van der Waals surface area (Å²) in [5, 5.41) is 0. The van der Waals surface area contributed by atoms with Gasteiger partial charge in [-0.15, -0.1) is 0 Å². The number of nitrogens with zero attached hydrogens (tertiary/aromatic N) is 1. The summed E-state index contributed by atoms with van der Waals surface area (Å²) in [5.41, 5.74) is 1.82. The summed E-state index contributed by atoms with van der Waals surface area (Å²) in [4.78, 5) is 15.9. The molecule has 2 rings (SSSR count). The molecule has 3 nitrogen and oxygen atoms in total. The van der Waals surface area contributed by atoms with Crippen LogP contribution in [0.25, 0.3) is 0 Å². The fourth-order valence-electron chi connectivity index (χ4n) is 3.16. The number of pyridine rings is 1. The van der Waals surface area contributed by atoms with E-state index >= 15 is 0 Å². The largest absolute Gasteiger partial charge is 0.457 e. The Kier molecular flexibility index (Phi) is 5.29. The van der Waals surface area contributed by atoms with Crippen molar-refractivity contribution in [1.82, 2.24) is 4.98 Å². The molecule has 5 heteroatoms. The van der Waals surface area contributed by atoms with Crippen molar-refractivity contribution in [2.75, 3.05) is 0 Å². The molecule has 0 spiro atoms. The van der Waals surface area contributed by atoms with Crippen molar-refractivity contribution in [2.24, 2.45) is 5.92 Å². The number of carbonyl (C=O) groups excluding carboxylic acids is 1. The molecule has 124 valence electrons. The predicted octanol–water partition coefficient (Wildman–Crippen LogP) is 4.93. The summed E-state index contributed by atoms with van der Waals surface area (Å²) in [6.45, 7) is 7.88. The van der Waals surface area contributed by atoms with Crippen LogP contribution in [0.2, 0.25) is 0 Å². The first-order valence-electron chi connectivity index (χ1n) is 7.66. The third kappa shape index (κ3) is 3.66. The van der Waals surface area contributed by atoms with E-state index in [1.54, 1.807) is 12.3 Å². The zero-order chi connectivity index (χ0) is 17.1. The molecule has 0 saturated heterocycles. The van der Waals surface area contributed by atoms with Crippen LogP contribution in [0, 0.1) is 5.92 Å². The lowest BCUT2D eigenvalue weighted by Gasteiger charge is -2.27. The molecule has 0 aliphatic heterocycles. The van der Waals surface area contributed by atoms with Crippen molar-refractivity contribution in [2.45, 2.75) is 45.6 Å². The molecule has 0 radical (unpaired) electrons. The van der Waals surface area contributed by atoms with E-state index in [4.69, 9.17) is 4.74 Å². The van der Waals surface area contributed by atoms with Crippen molar-refractivity contribution >= 4 is 5.97 Å². The molecule has 1 aliphatic rings. The fraction of sp³-hybridized carbons (Fsp3) is 0.444. The van der Waals surface area contributed by atoms with E-state index in [9.17, 15) is 13.6 Å². The molecule has 0 amide bonds. The number of allylic oxidation sites excluding steroid dienone is 2. The third-order valence-corrected chi connectivity index (χ3v) is 4.35. The maximum Gasteiger partial charge on any atom is 0.303 e. The van der Waals surface area contributed by atoms with Crippen molar-refractivity contribution < 1.29 is 18.3 Å². The second-order valence-electron chi connectivity index (χ2n) is 5.99. The van der Waals surface area contributed by atoms with Gasteiger partial charge in [-0.2, -0.15) is 0 Å². The highest BCUT2D eigenvalue weighted by atomic mass is 19.2. The van der Waals surface area contributed by atoms with Gasteiger partial charge in [-0.1, -0.05) is 19.6 Å². The van der Waals surface area contributed by atoms with Crippen LogP contribution in [0.4, 0.5) is 8.78 Å². The van der Waals surface area contributed by atoms with Crippen molar-refractivity contribution in [3.8, 4) is 0 Å². The lowest BCUT2D eigenvalue weighted by atomic mass is 9.87. The fourth-order valence-corrected chi connectivity index (χ4v) is 3.16. The number of fused-ring (bicyclic) bond motifs is 1. The number of hydrogen-bond donors (Lipinski definition) is 0. The highest BCUT2D eigenvalue weighted by Crippen LogP contribution is 2.44. The molecule has 0 bridgehead atoms. The van der Waals surface area contributed by atoms with E-state index in [1.165, 1.54) is 13.8 Å². The molecule has 1 aliphatic carbocycles. The van der Waals surface area contributed by atoms with Crippen molar-refractivity contribution in [1.29, 1.82) is 0 Å². The lowest BCUT2D eigenvalue weighted by molar-refractivity contribution is -0.149. The minimum Gasteiger partial charge on any atom is -0.457 e. The highest BCUT2D eigenvalue weighted by molar-refractivity contribution is 5.66. The van der Waals surface area contributed by atoms with Crippen LogP contribution < -0.4 is 0 Å². The zero-order valence-corrected chi connectivity index (χ0v) is 13.6. The van der Waals surface area contributed by atoms with E-state index in [0.29, 0.717) is 6.42 Å². The van der Waals surface area contributed by atoms with Gasteiger partial charge in [-0.05, 0) is 37.3 Å². The monoisotopic (exact) mass is 321 g/mol. The van der Waals surface area contributed by atoms with Gasteiger partial charge in [0.05, 0.1) is 5.69 Å². The number of carbonyl (C=O) groups is 1. The molecule has 1 aromatic rings. The Morgan fingerprint density at radius 1 is 1.35 bits per heavy atom. The molecular weight excluding hydrogens is 300 g/mol. The van der Waals surface area contributed by atoms with Crippen LogP contribution in [0.3, 0.4) is 0 Å². The van der Waals surface area contributed by atoms with Gasteiger partial charge >= 0.3 is 5.97 Å². The van der Waals surface area contributed by atoms with Gasteiger partial charge < -0.3 is 4.74 Å². The quantitative estimate of drug-likeness (QED) is 0.450. The van der Waals surface area contributed by atoms with Gasteiger partial charge in [0, 0.05) is 24.6 Å².